The van der Waals surface area contributed by atoms with Crippen LogP contribution in [0.25, 0.3) is 0 Å². The van der Waals surface area contributed by atoms with Gasteiger partial charge in [0, 0.05) is 19.6 Å². The second-order valence-corrected chi connectivity index (χ2v) is 6.85. The molecule has 0 aliphatic carbocycles. The summed E-state index contributed by atoms with van der Waals surface area (Å²) in [4.78, 5) is 4.71. The molecule has 0 amide bonds. The van der Waals surface area contributed by atoms with E-state index in [0.29, 0.717) is 6.04 Å². The van der Waals surface area contributed by atoms with Gasteiger partial charge in [0.15, 0.2) is 5.11 Å². The molecule has 0 spiro atoms. The second-order valence-electron chi connectivity index (χ2n) is 6.46. The van der Waals surface area contributed by atoms with Gasteiger partial charge in [0.25, 0.3) is 0 Å². The standard InChI is InChI=1S/C20H25N3S/c1-16(17-9-5-3-6-10-17)21-20(24)23-14-13-22(2)15-19(23)18-11-7-4-8-12-18/h3-12,16,19H,13-15H2,1-2H3,(H,21,24). The molecule has 1 fully saturated rings. The van der Waals surface area contributed by atoms with Gasteiger partial charge in [0.05, 0.1) is 12.1 Å². The number of nitrogens with zero attached hydrogens (tertiary/aromatic N) is 2. The Kier molecular flexibility index (Phi) is 5.48. The van der Waals surface area contributed by atoms with E-state index < -0.39 is 0 Å². The maximum absolute atomic E-state index is 5.76. The van der Waals surface area contributed by atoms with Gasteiger partial charge < -0.3 is 15.1 Å². The lowest BCUT2D eigenvalue weighted by atomic mass is 10.0. The van der Waals surface area contributed by atoms with Crippen molar-refractivity contribution in [3.63, 3.8) is 0 Å². The Labute approximate surface area is 150 Å². The van der Waals surface area contributed by atoms with Crippen LogP contribution >= 0.6 is 12.2 Å². The third-order valence-electron chi connectivity index (χ3n) is 4.67. The first-order valence-electron chi connectivity index (χ1n) is 8.50. The third kappa shape index (κ3) is 3.94. The molecule has 126 valence electrons. The molecule has 0 aromatic heterocycles. The Bertz CT molecular complexity index is 659. The average Bonchev–Trinajstić information content (AvgIpc) is 2.63. The fourth-order valence-electron chi connectivity index (χ4n) is 3.22. The van der Waals surface area contributed by atoms with E-state index in [2.05, 4.69) is 83.7 Å². The van der Waals surface area contributed by atoms with Crippen LogP contribution in [0.1, 0.15) is 30.1 Å². The van der Waals surface area contributed by atoms with Crippen molar-refractivity contribution in [2.45, 2.75) is 19.0 Å². The van der Waals surface area contributed by atoms with Gasteiger partial charge in [-0.25, -0.2) is 0 Å². The number of likely N-dealkylation sites (N-methyl/N-ethyl adjacent to an activating group) is 1. The van der Waals surface area contributed by atoms with Crippen LogP contribution in [0.3, 0.4) is 0 Å². The summed E-state index contributed by atoms with van der Waals surface area (Å²) in [7, 11) is 2.18. The van der Waals surface area contributed by atoms with Crippen LogP contribution in [0.2, 0.25) is 0 Å². The summed E-state index contributed by atoms with van der Waals surface area (Å²) >= 11 is 5.76. The van der Waals surface area contributed by atoms with Gasteiger partial charge in [-0.2, -0.15) is 0 Å². The minimum Gasteiger partial charge on any atom is -0.356 e. The molecule has 0 bridgehead atoms. The molecule has 2 unspecified atom stereocenters. The number of nitrogens with one attached hydrogen (secondary N) is 1. The van der Waals surface area contributed by atoms with E-state index in [1.807, 2.05) is 6.07 Å². The van der Waals surface area contributed by atoms with Gasteiger partial charge in [0.2, 0.25) is 0 Å². The van der Waals surface area contributed by atoms with E-state index in [4.69, 9.17) is 12.2 Å². The number of piperazine rings is 1. The molecule has 4 heteroatoms. The number of thiocarbonyl (C=S) groups is 1. The lowest BCUT2D eigenvalue weighted by Crippen LogP contribution is -2.52. The maximum atomic E-state index is 5.76. The smallest absolute Gasteiger partial charge is 0.170 e. The minimum absolute atomic E-state index is 0.203. The largest absolute Gasteiger partial charge is 0.356 e. The van der Waals surface area contributed by atoms with Crippen LogP contribution in [-0.4, -0.2) is 41.6 Å². The predicted molar refractivity (Wildman–Crippen MR) is 104 cm³/mol. The summed E-state index contributed by atoms with van der Waals surface area (Å²) in [6.45, 7) is 5.13. The first kappa shape index (κ1) is 16.9. The maximum Gasteiger partial charge on any atom is 0.170 e. The van der Waals surface area contributed by atoms with Gasteiger partial charge in [-0.1, -0.05) is 60.7 Å². The van der Waals surface area contributed by atoms with Crippen molar-refractivity contribution in [3.8, 4) is 0 Å². The summed E-state index contributed by atoms with van der Waals surface area (Å²) < 4.78 is 0. The van der Waals surface area contributed by atoms with Crippen LogP contribution < -0.4 is 5.32 Å². The van der Waals surface area contributed by atoms with Gasteiger partial charge in [-0.15, -0.1) is 0 Å². The first-order chi connectivity index (χ1) is 11.6. The number of hydrogen-bond donors (Lipinski definition) is 1. The highest BCUT2D eigenvalue weighted by atomic mass is 32.1. The topological polar surface area (TPSA) is 18.5 Å². The molecule has 2 aromatic rings. The molecule has 1 N–H and O–H groups in total. The van der Waals surface area contributed by atoms with Crippen LogP contribution in [0.15, 0.2) is 60.7 Å². The fourth-order valence-corrected chi connectivity index (χ4v) is 3.61. The molecule has 1 aliphatic rings. The molecule has 1 heterocycles. The first-order valence-corrected chi connectivity index (χ1v) is 8.91. The second kappa shape index (κ2) is 7.77. The molecule has 0 radical (unpaired) electrons. The summed E-state index contributed by atoms with van der Waals surface area (Å²) in [6, 6.07) is 21.6. The van der Waals surface area contributed by atoms with E-state index in [1.165, 1.54) is 11.1 Å². The Balaban J connectivity index is 1.74. The molecule has 24 heavy (non-hydrogen) atoms. The Morgan fingerprint density at radius 3 is 2.33 bits per heavy atom. The van der Waals surface area contributed by atoms with E-state index in [-0.39, 0.29) is 6.04 Å². The van der Waals surface area contributed by atoms with E-state index >= 15 is 0 Å². The number of hydrogen-bond acceptors (Lipinski definition) is 2. The summed E-state index contributed by atoms with van der Waals surface area (Å²) in [5.41, 5.74) is 2.57. The van der Waals surface area contributed by atoms with Crippen LogP contribution in [0, 0.1) is 0 Å². The van der Waals surface area contributed by atoms with Crippen molar-refractivity contribution in [1.29, 1.82) is 0 Å². The predicted octanol–water partition coefficient (Wildman–Crippen LogP) is 3.61. The normalized spacial score (nSPS) is 19.8. The highest BCUT2D eigenvalue weighted by Gasteiger charge is 2.28. The molecular weight excluding hydrogens is 314 g/mol. The van der Waals surface area contributed by atoms with Gasteiger partial charge in [0.1, 0.15) is 0 Å². The lowest BCUT2D eigenvalue weighted by molar-refractivity contribution is 0.149. The highest BCUT2D eigenvalue weighted by molar-refractivity contribution is 7.80. The Morgan fingerprint density at radius 1 is 1.04 bits per heavy atom. The zero-order valence-electron chi connectivity index (χ0n) is 14.4. The van der Waals surface area contributed by atoms with Crippen molar-refractivity contribution in [3.05, 3.63) is 71.8 Å². The molecule has 2 atom stereocenters. The van der Waals surface area contributed by atoms with Crippen molar-refractivity contribution in [2.75, 3.05) is 26.7 Å². The average molecular weight is 340 g/mol. The highest BCUT2D eigenvalue weighted by Crippen LogP contribution is 2.25. The van der Waals surface area contributed by atoms with E-state index in [9.17, 15) is 0 Å². The zero-order valence-corrected chi connectivity index (χ0v) is 15.2. The third-order valence-corrected chi connectivity index (χ3v) is 5.02. The lowest BCUT2D eigenvalue weighted by Gasteiger charge is -2.42. The molecule has 3 nitrogen and oxygen atoms in total. The minimum atomic E-state index is 0.203. The molecule has 3 rings (SSSR count). The van der Waals surface area contributed by atoms with Crippen molar-refractivity contribution in [2.24, 2.45) is 0 Å². The Morgan fingerprint density at radius 2 is 1.67 bits per heavy atom. The van der Waals surface area contributed by atoms with Crippen LogP contribution in [-0.2, 0) is 0 Å². The number of benzene rings is 2. The molecular formula is C20H25N3S. The fraction of sp³-hybridized carbons (Fsp3) is 0.350. The Hall–Kier alpha value is -1.91. The van der Waals surface area contributed by atoms with E-state index in [1.54, 1.807) is 0 Å². The monoisotopic (exact) mass is 339 g/mol. The van der Waals surface area contributed by atoms with Gasteiger partial charge in [-0.05, 0) is 37.3 Å². The van der Waals surface area contributed by atoms with Gasteiger partial charge in [-0.3, -0.25) is 0 Å². The summed E-state index contributed by atoms with van der Waals surface area (Å²) in [6.07, 6.45) is 0. The quantitative estimate of drug-likeness (QED) is 0.861. The number of rotatable bonds is 3. The summed E-state index contributed by atoms with van der Waals surface area (Å²) in [5, 5.41) is 4.36. The van der Waals surface area contributed by atoms with Crippen LogP contribution in [0.5, 0.6) is 0 Å². The molecule has 0 saturated carbocycles. The van der Waals surface area contributed by atoms with Crippen molar-refractivity contribution >= 4 is 17.3 Å². The van der Waals surface area contributed by atoms with E-state index in [0.717, 1.165) is 24.7 Å². The SMILES string of the molecule is CC(NC(=S)N1CCN(C)CC1c1ccccc1)c1ccccc1. The van der Waals surface area contributed by atoms with Gasteiger partial charge >= 0.3 is 0 Å². The molecule has 2 aromatic carbocycles. The molecule has 1 aliphatic heterocycles. The van der Waals surface area contributed by atoms with Crippen molar-refractivity contribution < 1.29 is 0 Å². The molecule has 1 saturated heterocycles. The van der Waals surface area contributed by atoms with Crippen LogP contribution in [0.4, 0.5) is 0 Å². The zero-order chi connectivity index (χ0) is 16.9. The van der Waals surface area contributed by atoms with Crippen molar-refractivity contribution in [1.82, 2.24) is 15.1 Å². The summed E-state index contributed by atoms with van der Waals surface area (Å²) in [5.74, 6) is 0.